The Kier molecular flexibility index (Phi) is 8.33. The first kappa shape index (κ1) is 21.8. The normalized spacial score (nSPS) is 11.6. The predicted octanol–water partition coefficient (Wildman–Crippen LogP) is 3.97. The Morgan fingerprint density at radius 2 is 1.89 bits per heavy atom. The molecular formula is C22H27ClN2O3. The molecule has 0 heterocycles. The van der Waals surface area contributed by atoms with Gasteiger partial charge in [-0.05, 0) is 49.6 Å². The summed E-state index contributed by atoms with van der Waals surface area (Å²) in [5.74, 6) is 0.141. The van der Waals surface area contributed by atoms with Crippen molar-refractivity contribution >= 4 is 23.4 Å². The average Bonchev–Trinajstić information content (AvgIpc) is 2.71. The molecule has 5 nitrogen and oxygen atoms in total. The maximum absolute atomic E-state index is 12.9. The van der Waals surface area contributed by atoms with Crippen LogP contribution in [0.25, 0.3) is 0 Å². The Bertz CT molecular complexity index is 796. The van der Waals surface area contributed by atoms with Gasteiger partial charge in [0.05, 0.1) is 0 Å². The molecule has 0 aromatic heterocycles. The minimum absolute atomic E-state index is 0.153. The summed E-state index contributed by atoms with van der Waals surface area (Å²) in [5, 5.41) is 3.50. The third kappa shape index (κ3) is 6.27. The first-order valence-corrected chi connectivity index (χ1v) is 9.80. The molecule has 0 fully saturated rings. The van der Waals surface area contributed by atoms with Crippen molar-refractivity contribution in [2.45, 2.75) is 39.8 Å². The van der Waals surface area contributed by atoms with Crippen LogP contribution in [-0.2, 0) is 16.1 Å². The standard InChI is InChI=1S/C22H27ClN2O3/c1-4-12-24-22(27)17(3)25(14-18-8-6-5-7-9-18)21(26)15-28-19-10-11-20(23)16(2)13-19/h5-11,13,17H,4,12,14-15H2,1-3H3,(H,24,27)/t17-/m0/s1. The molecule has 150 valence electrons. The number of carbonyl (C=O) groups is 2. The van der Waals surface area contributed by atoms with Crippen molar-refractivity contribution in [3.8, 4) is 5.75 Å². The number of ether oxygens (including phenoxy) is 1. The van der Waals surface area contributed by atoms with Crippen LogP contribution in [-0.4, -0.2) is 35.9 Å². The third-order valence-corrected chi connectivity index (χ3v) is 4.83. The molecule has 0 aliphatic rings. The van der Waals surface area contributed by atoms with Crippen LogP contribution < -0.4 is 10.1 Å². The zero-order chi connectivity index (χ0) is 20.5. The van der Waals surface area contributed by atoms with Crippen molar-refractivity contribution in [3.63, 3.8) is 0 Å². The summed E-state index contributed by atoms with van der Waals surface area (Å²) in [7, 11) is 0. The van der Waals surface area contributed by atoms with Crippen LogP contribution in [0.5, 0.6) is 5.75 Å². The number of nitrogens with zero attached hydrogens (tertiary/aromatic N) is 1. The molecule has 2 rings (SSSR count). The zero-order valence-electron chi connectivity index (χ0n) is 16.6. The Hall–Kier alpha value is -2.53. The van der Waals surface area contributed by atoms with Crippen LogP contribution in [0, 0.1) is 6.92 Å². The van der Waals surface area contributed by atoms with E-state index in [1.165, 1.54) is 0 Å². The van der Waals surface area contributed by atoms with E-state index in [0.29, 0.717) is 23.9 Å². The molecule has 0 unspecified atom stereocenters. The molecule has 28 heavy (non-hydrogen) atoms. The molecule has 6 heteroatoms. The second-order valence-electron chi connectivity index (χ2n) is 6.67. The van der Waals surface area contributed by atoms with E-state index in [0.717, 1.165) is 17.5 Å². The van der Waals surface area contributed by atoms with E-state index in [-0.39, 0.29) is 18.4 Å². The highest BCUT2D eigenvalue weighted by Crippen LogP contribution is 2.21. The zero-order valence-corrected chi connectivity index (χ0v) is 17.3. The van der Waals surface area contributed by atoms with Crippen LogP contribution in [0.1, 0.15) is 31.4 Å². The van der Waals surface area contributed by atoms with Crippen molar-refractivity contribution in [2.24, 2.45) is 0 Å². The van der Waals surface area contributed by atoms with Gasteiger partial charge in [-0.1, -0.05) is 48.9 Å². The number of hydrogen-bond acceptors (Lipinski definition) is 3. The van der Waals surface area contributed by atoms with E-state index in [2.05, 4.69) is 5.32 Å². The lowest BCUT2D eigenvalue weighted by Crippen LogP contribution is -2.49. The third-order valence-electron chi connectivity index (χ3n) is 4.40. The number of rotatable bonds is 9. The van der Waals surface area contributed by atoms with Crippen molar-refractivity contribution in [1.29, 1.82) is 0 Å². The fourth-order valence-electron chi connectivity index (χ4n) is 2.69. The first-order valence-electron chi connectivity index (χ1n) is 9.42. The van der Waals surface area contributed by atoms with E-state index >= 15 is 0 Å². The maximum Gasteiger partial charge on any atom is 0.261 e. The van der Waals surface area contributed by atoms with Gasteiger partial charge in [0, 0.05) is 18.1 Å². The second-order valence-corrected chi connectivity index (χ2v) is 7.08. The number of carbonyl (C=O) groups excluding carboxylic acids is 2. The minimum Gasteiger partial charge on any atom is -0.484 e. The number of halogens is 1. The predicted molar refractivity (Wildman–Crippen MR) is 111 cm³/mol. The molecule has 2 aromatic rings. The fourth-order valence-corrected chi connectivity index (χ4v) is 2.81. The Morgan fingerprint density at radius 3 is 2.54 bits per heavy atom. The quantitative estimate of drug-likeness (QED) is 0.690. The number of benzene rings is 2. The lowest BCUT2D eigenvalue weighted by atomic mass is 10.1. The van der Waals surface area contributed by atoms with Gasteiger partial charge in [-0.15, -0.1) is 0 Å². The van der Waals surface area contributed by atoms with Gasteiger partial charge in [0.15, 0.2) is 6.61 Å². The van der Waals surface area contributed by atoms with Gasteiger partial charge in [0.25, 0.3) is 5.91 Å². The highest BCUT2D eigenvalue weighted by Gasteiger charge is 2.26. The molecule has 1 N–H and O–H groups in total. The summed E-state index contributed by atoms with van der Waals surface area (Å²) in [6.45, 7) is 6.36. The lowest BCUT2D eigenvalue weighted by molar-refractivity contribution is -0.142. The Balaban J connectivity index is 2.10. The van der Waals surface area contributed by atoms with Crippen molar-refractivity contribution in [1.82, 2.24) is 10.2 Å². The molecule has 2 amide bonds. The van der Waals surface area contributed by atoms with E-state index in [9.17, 15) is 9.59 Å². The molecule has 0 aliphatic carbocycles. The van der Waals surface area contributed by atoms with Crippen LogP contribution in [0.3, 0.4) is 0 Å². The molecule has 2 aromatic carbocycles. The smallest absolute Gasteiger partial charge is 0.261 e. The highest BCUT2D eigenvalue weighted by atomic mass is 35.5. The highest BCUT2D eigenvalue weighted by molar-refractivity contribution is 6.31. The van der Waals surface area contributed by atoms with Gasteiger partial charge in [-0.2, -0.15) is 0 Å². The first-order chi connectivity index (χ1) is 13.4. The Labute approximate surface area is 171 Å². The van der Waals surface area contributed by atoms with Crippen LogP contribution in [0.4, 0.5) is 0 Å². The molecule has 0 bridgehead atoms. The summed E-state index contributed by atoms with van der Waals surface area (Å²) in [4.78, 5) is 26.9. The largest absolute Gasteiger partial charge is 0.484 e. The maximum atomic E-state index is 12.9. The summed E-state index contributed by atoms with van der Waals surface area (Å²) in [6, 6.07) is 14.2. The van der Waals surface area contributed by atoms with Crippen LogP contribution in [0.15, 0.2) is 48.5 Å². The number of amides is 2. The lowest BCUT2D eigenvalue weighted by Gasteiger charge is -2.28. The minimum atomic E-state index is -0.602. The Morgan fingerprint density at radius 1 is 1.18 bits per heavy atom. The topological polar surface area (TPSA) is 58.6 Å². The average molecular weight is 403 g/mol. The summed E-state index contributed by atoms with van der Waals surface area (Å²) >= 11 is 6.03. The molecular weight excluding hydrogens is 376 g/mol. The van der Waals surface area contributed by atoms with E-state index in [4.69, 9.17) is 16.3 Å². The summed E-state index contributed by atoms with van der Waals surface area (Å²) in [6.07, 6.45) is 0.837. The van der Waals surface area contributed by atoms with Gasteiger partial charge in [-0.25, -0.2) is 0 Å². The van der Waals surface area contributed by atoms with Gasteiger partial charge >= 0.3 is 0 Å². The summed E-state index contributed by atoms with van der Waals surface area (Å²) < 4.78 is 5.65. The van der Waals surface area contributed by atoms with Crippen LogP contribution in [0.2, 0.25) is 5.02 Å². The van der Waals surface area contributed by atoms with Gasteiger partial charge in [0.2, 0.25) is 5.91 Å². The summed E-state index contributed by atoms with van der Waals surface area (Å²) in [5.41, 5.74) is 1.83. The van der Waals surface area contributed by atoms with Crippen molar-refractivity contribution in [3.05, 3.63) is 64.7 Å². The van der Waals surface area contributed by atoms with E-state index in [1.54, 1.807) is 30.0 Å². The molecule has 0 radical (unpaired) electrons. The van der Waals surface area contributed by atoms with Gasteiger partial charge in [0.1, 0.15) is 11.8 Å². The van der Waals surface area contributed by atoms with Crippen molar-refractivity contribution < 1.29 is 14.3 Å². The van der Waals surface area contributed by atoms with Gasteiger partial charge in [-0.3, -0.25) is 9.59 Å². The van der Waals surface area contributed by atoms with E-state index in [1.807, 2.05) is 44.2 Å². The monoisotopic (exact) mass is 402 g/mol. The molecule has 0 spiro atoms. The molecule has 0 saturated heterocycles. The molecule has 0 aliphatic heterocycles. The molecule has 1 atom stereocenters. The number of nitrogens with one attached hydrogen (secondary N) is 1. The fraction of sp³-hybridized carbons (Fsp3) is 0.364. The van der Waals surface area contributed by atoms with Crippen LogP contribution >= 0.6 is 11.6 Å². The second kappa shape index (κ2) is 10.7. The number of aryl methyl sites for hydroxylation is 1. The van der Waals surface area contributed by atoms with Gasteiger partial charge < -0.3 is 15.0 Å². The van der Waals surface area contributed by atoms with Crippen molar-refractivity contribution in [2.75, 3.05) is 13.2 Å². The SMILES string of the molecule is CCCNC(=O)[C@H](C)N(Cc1ccccc1)C(=O)COc1ccc(Cl)c(C)c1. The molecule has 0 saturated carbocycles. The number of hydrogen-bond donors (Lipinski definition) is 1. The van der Waals surface area contributed by atoms with E-state index < -0.39 is 6.04 Å².